The number of carbonyl (C=O) groups is 2. The number of benzene rings is 2. The normalized spacial score (nSPS) is 10.2. The molecule has 24 heavy (non-hydrogen) atoms. The van der Waals surface area contributed by atoms with Crippen molar-refractivity contribution >= 4 is 52.7 Å². The van der Waals surface area contributed by atoms with E-state index in [0.717, 1.165) is 0 Å². The number of anilines is 1. The Bertz CT molecular complexity index is 780. The van der Waals surface area contributed by atoms with Crippen LogP contribution in [-0.2, 0) is 4.79 Å². The molecule has 0 saturated heterocycles. The number of rotatable bonds is 6. The highest BCUT2D eigenvalue weighted by atomic mass is 35.5. The summed E-state index contributed by atoms with van der Waals surface area (Å²) in [6.45, 7) is -0.310. The van der Waals surface area contributed by atoms with E-state index in [-0.39, 0.29) is 27.4 Å². The fourth-order valence-corrected chi connectivity index (χ4v) is 2.42. The van der Waals surface area contributed by atoms with Crippen molar-refractivity contribution in [2.75, 3.05) is 19.0 Å². The predicted octanol–water partition coefficient (Wildman–Crippen LogP) is 4.49. The third kappa shape index (κ3) is 4.54. The first-order valence-electron chi connectivity index (χ1n) is 6.65. The van der Waals surface area contributed by atoms with Crippen LogP contribution in [0.25, 0.3) is 0 Å². The molecule has 2 aromatic rings. The van der Waals surface area contributed by atoms with E-state index in [0.29, 0.717) is 23.3 Å². The van der Waals surface area contributed by atoms with Crippen LogP contribution in [0.4, 0.5) is 5.69 Å². The van der Waals surface area contributed by atoms with Crippen molar-refractivity contribution in [2.45, 2.75) is 0 Å². The van der Waals surface area contributed by atoms with Crippen LogP contribution < -0.4 is 14.8 Å². The van der Waals surface area contributed by atoms with Gasteiger partial charge in [-0.25, -0.2) is 0 Å². The average molecular weight is 389 g/mol. The molecule has 8 heteroatoms. The van der Waals surface area contributed by atoms with Gasteiger partial charge in [0, 0.05) is 5.56 Å². The Morgan fingerprint density at radius 3 is 2.46 bits per heavy atom. The summed E-state index contributed by atoms with van der Waals surface area (Å²) < 4.78 is 10.5. The van der Waals surface area contributed by atoms with Crippen LogP contribution in [0.3, 0.4) is 0 Å². The van der Waals surface area contributed by atoms with Crippen molar-refractivity contribution in [3.63, 3.8) is 0 Å². The van der Waals surface area contributed by atoms with Crippen molar-refractivity contribution < 1.29 is 19.1 Å². The second-order valence-corrected chi connectivity index (χ2v) is 5.83. The van der Waals surface area contributed by atoms with Crippen molar-refractivity contribution in [1.29, 1.82) is 0 Å². The van der Waals surface area contributed by atoms with Gasteiger partial charge in [0.25, 0.3) is 5.91 Å². The summed E-state index contributed by atoms with van der Waals surface area (Å²) in [5, 5.41) is 3.36. The summed E-state index contributed by atoms with van der Waals surface area (Å²) in [7, 11) is 1.46. The number of halogens is 3. The van der Waals surface area contributed by atoms with Crippen LogP contribution in [0.15, 0.2) is 30.3 Å². The number of nitrogens with one attached hydrogen (secondary N) is 1. The van der Waals surface area contributed by atoms with Gasteiger partial charge in [-0.1, -0.05) is 34.8 Å². The molecular formula is C16H12Cl3NO4. The molecule has 1 N–H and O–H groups in total. The highest BCUT2D eigenvalue weighted by molar-refractivity contribution is 6.44. The maximum absolute atomic E-state index is 12.0. The smallest absolute Gasteiger partial charge is 0.262 e. The topological polar surface area (TPSA) is 64.6 Å². The van der Waals surface area contributed by atoms with Gasteiger partial charge in [-0.15, -0.1) is 0 Å². The van der Waals surface area contributed by atoms with E-state index in [1.807, 2.05) is 0 Å². The lowest BCUT2D eigenvalue weighted by Gasteiger charge is -2.12. The van der Waals surface area contributed by atoms with E-state index in [4.69, 9.17) is 44.3 Å². The maximum atomic E-state index is 12.0. The molecule has 126 valence electrons. The molecule has 0 saturated carbocycles. The molecule has 0 spiro atoms. The van der Waals surface area contributed by atoms with Gasteiger partial charge in [0.2, 0.25) is 0 Å². The maximum Gasteiger partial charge on any atom is 0.262 e. The summed E-state index contributed by atoms with van der Waals surface area (Å²) in [6.07, 6.45) is 0.669. The van der Waals surface area contributed by atoms with Crippen LogP contribution in [0.2, 0.25) is 15.1 Å². The Hall–Kier alpha value is -1.95. The van der Waals surface area contributed by atoms with Gasteiger partial charge in [-0.3, -0.25) is 9.59 Å². The summed E-state index contributed by atoms with van der Waals surface area (Å²) in [4.78, 5) is 22.8. The zero-order valence-corrected chi connectivity index (χ0v) is 14.7. The monoisotopic (exact) mass is 387 g/mol. The number of hydrogen-bond donors (Lipinski definition) is 1. The second-order valence-electron chi connectivity index (χ2n) is 4.61. The van der Waals surface area contributed by atoms with Crippen LogP contribution in [0, 0.1) is 0 Å². The molecule has 0 atom stereocenters. The van der Waals surface area contributed by atoms with Crippen molar-refractivity contribution in [1.82, 2.24) is 0 Å². The number of hydrogen-bond acceptors (Lipinski definition) is 4. The molecule has 0 bridgehead atoms. The predicted molar refractivity (Wildman–Crippen MR) is 94.0 cm³/mol. The molecule has 0 aliphatic rings. The Labute approximate surface area is 153 Å². The van der Waals surface area contributed by atoms with Crippen molar-refractivity contribution in [2.24, 2.45) is 0 Å². The largest absolute Gasteiger partial charge is 0.493 e. The SMILES string of the molecule is COc1ccc(C=O)cc1OCC(=O)Nc1cc(Cl)c(Cl)cc1Cl. The summed E-state index contributed by atoms with van der Waals surface area (Å²) in [5.74, 6) is 0.215. The van der Waals surface area contributed by atoms with E-state index in [9.17, 15) is 9.59 Å². The van der Waals surface area contributed by atoms with E-state index in [2.05, 4.69) is 5.32 Å². The molecule has 2 rings (SSSR count). The molecular weight excluding hydrogens is 377 g/mol. The average Bonchev–Trinajstić information content (AvgIpc) is 2.57. The Kier molecular flexibility index (Phi) is 6.31. The first-order chi connectivity index (χ1) is 11.4. The lowest BCUT2D eigenvalue weighted by molar-refractivity contribution is -0.118. The van der Waals surface area contributed by atoms with Crippen LogP contribution in [-0.4, -0.2) is 25.9 Å². The Balaban J connectivity index is 2.06. The molecule has 5 nitrogen and oxygen atoms in total. The fraction of sp³-hybridized carbons (Fsp3) is 0.125. The van der Waals surface area contributed by atoms with Crippen LogP contribution >= 0.6 is 34.8 Å². The highest BCUT2D eigenvalue weighted by Gasteiger charge is 2.12. The highest BCUT2D eigenvalue weighted by Crippen LogP contribution is 2.32. The Morgan fingerprint density at radius 2 is 1.79 bits per heavy atom. The fourth-order valence-electron chi connectivity index (χ4n) is 1.83. The third-order valence-corrected chi connectivity index (χ3v) is 4.00. The summed E-state index contributed by atoms with van der Waals surface area (Å²) in [6, 6.07) is 7.50. The minimum absolute atomic E-state index is 0.248. The third-order valence-electron chi connectivity index (χ3n) is 2.97. The molecule has 2 aromatic carbocycles. The minimum Gasteiger partial charge on any atom is -0.493 e. The summed E-state index contributed by atoms with van der Waals surface area (Å²) in [5.41, 5.74) is 0.715. The van der Waals surface area contributed by atoms with Gasteiger partial charge >= 0.3 is 0 Å². The second kappa shape index (κ2) is 8.24. The van der Waals surface area contributed by atoms with Gasteiger partial charge in [-0.2, -0.15) is 0 Å². The summed E-state index contributed by atoms with van der Waals surface area (Å²) >= 11 is 17.7. The number of aldehydes is 1. The van der Waals surface area contributed by atoms with Crippen molar-refractivity contribution in [3.05, 3.63) is 51.0 Å². The van der Waals surface area contributed by atoms with Gasteiger partial charge in [0.15, 0.2) is 18.1 Å². The first-order valence-corrected chi connectivity index (χ1v) is 7.78. The quantitative estimate of drug-likeness (QED) is 0.585. The molecule has 0 heterocycles. The van der Waals surface area contributed by atoms with E-state index in [1.54, 1.807) is 12.1 Å². The zero-order chi connectivity index (χ0) is 17.7. The lowest BCUT2D eigenvalue weighted by Crippen LogP contribution is -2.20. The number of methoxy groups -OCH3 is 1. The molecule has 0 radical (unpaired) electrons. The van der Waals surface area contributed by atoms with E-state index >= 15 is 0 Å². The van der Waals surface area contributed by atoms with E-state index in [1.165, 1.54) is 25.3 Å². The van der Waals surface area contributed by atoms with Crippen molar-refractivity contribution in [3.8, 4) is 11.5 Å². The van der Waals surface area contributed by atoms with Gasteiger partial charge < -0.3 is 14.8 Å². The zero-order valence-electron chi connectivity index (χ0n) is 12.4. The van der Waals surface area contributed by atoms with Crippen LogP contribution in [0.5, 0.6) is 11.5 Å². The molecule has 0 fully saturated rings. The minimum atomic E-state index is -0.464. The lowest BCUT2D eigenvalue weighted by atomic mass is 10.2. The molecule has 1 amide bonds. The molecule has 0 aromatic heterocycles. The molecule has 0 aliphatic heterocycles. The Morgan fingerprint density at radius 1 is 1.08 bits per heavy atom. The standard InChI is InChI=1S/C16H12Cl3NO4/c1-23-14-3-2-9(7-21)4-15(14)24-8-16(22)20-13-6-11(18)10(17)5-12(13)19/h2-7H,8H2,1H3,(H,20,22). The van der Waals surface area contributed by atoms with E-state index < -0.39 is 5.91 Å². The molecule has 0 unspecified atom stereocenters. The number of amides is 1. The van der Waals surface area contributed by atoms with Gasteiger partial charge in [0.1, 0.15) is 6.29 Å². The number of carbonyl (C=O) groups excluding carboxylic acids is 2. The first kappa shape index (κ1) is 18.4. The molecule has 0 aliphatic carbocycles. The number of ether oxygens (including phenoxy) is 2. The van der Waals surface area contributed by atoms with Crippen LogP contribution in [0.1, 0.15) is 10.4 Å². The van der Waals surface area contributed by atoms with Gasteiger partial charge in [-0.05, 0) is 30.3 Å². The van der Waals surface area contributed by atoms with Gasteiger partial charge in [0.05, 0.1) is 27.9 Å².